The first-order chi connectivity index (χ1) is 12.1. The van der Waals surface area contributed by atoms with Crippen LogP contribution in [0.4, 0.5) is 0 Å². The Morgan fingerprint density at radius 3 is 2.32 bits per heavy atom. The van der Waals surface area contributed by atoms with E-state index in [9.17, 15) is 9.59 Å². The van der Waals surface area contributed by atoms with Crippen molar-refractivity contribution in [1.82, 2.24) is 0 Å². The third kappa shape index (κ3) is 5.88. The maximum Gasteiger partial charge on any atom is 0.384 e. The monoisotopic (exact) mass is 334 g/mol. The fourth-order valence-electron chi connectivity index (χ4n) is 2.20. The molecule has 2 aromatic rings. The molecule has 0 aliphatic rings. The lowest BCUT2D eigenvalue weighted by atomic mass is 9.99. The number of hydrogen-bond acceptors (Lipinski definition) is 3. The fourth-order valence-corrected chi connectivity index (χ4v) is 2.20. The molecular weight excluding hydrogens is 312 g/mol. The van der Waals surface area contributed by atoms with Crippen LogP contribution in [0.25, 0.3) is 6.08 Å². The molecule has 0 spiro atoms. The molecule has 3 heteroatoms. The number of ketones is 1. The van der Waals surface area contributed by atoms with E-state index in [0.29, 0.717) is 11.7 Å². The van der Waals surface area contributed by atoms with Gasteiger partial charge in [0.25, 0.3) is 5.78 Å². The highest BCUT2D eigenvalue weighted by molar-refractivity contribution is 6.38. The summed E-state index contributed by atoms with van der Waals surface area (Å²) >= 11 is 0. The first-order valence-electron chi connectivity index (χ1n) is 8.36. The summed E-state index contributed by atoms with van der Waals surface area (Å²) in [5.74, 6) is -0.756. The fraction of sp³-hybridized carbons (Fsp3) is 0.182. The highest BCUT2D eigenvalue weighted by Gasteiger charge is 2.13. The van der Waals surface area contributed by atoms with E-state index in [2.05, 4.69) is 13.8 Å². The Bertz CT molecular complexity index is 756. The maximum absolute atomic E-state index is 11.8. The Hall–Kier alpha value is -2.94. The van der Waals surface area contributed by atoms with Gasteiger partial charge in [0.15, 0.2) is 0 Å². The lowest BCUT2D eigenvalue weighted by Gasteiger charge is -2.09. The zero-order chi connectivity index (χ0) is 18.1. The zero-order valence-electron chi connectivity index (χ0n) is 14.5. The minimum atomic E-state index is -0.888. The Balaban J connectivity index is 1.88. The lowest BCUT2D eigenvalue weighted by Crippen LogP contribution is -2.18. The molecular formula is C22H22O3. The van der Waals surface area contributed by atoms with Gasteiger partial charge in [-0.05, 0) is 41.7 Å². The van der Waals surface area contributed by atoms with Crippen molar-refractivity contribution in [1.29, 1.82) is 0 Å². The number of esters is 1. The Labute approximate surface area is 148 Å². The van der Waals surface area contributed by atoms with Gasteiger partial charge in [-0.3, -0.25) is 4.79 Å². The van der Waals surface area contributed by atoms with Crippen molar-refractivity contribution in [3.8, 4) is 5.75 Å². The van der Waals surface area contributed by atoms with Crippen LogP contribution in [0.3, 0.4) is 0 Å². The van der Waals surface area contributed by atoms with Crippen LogP contribution in [0.1, 0.15) is 37.3 Å². The highest BCUT2D eigenvalue weighted by atomic mass is 16.5. The molecule has 0 radical (unpaired) electrons. The molecule has 0 fully saturated rings. The van der Waals surface area contributed by atoms with Crippen molar-refractivity contribution in [3.63, 3.8) is 0 Å². The van der Waals surface area contributed by atoms with Crippen LogP contribution in [0.15, 0.2) is 72.8 Å². The molecule has 0 heterocycles. The topological polar surface area (TPSA) is 43.4 Å². The molecule has 0 saturated heterocycles. The van der Waals surface area contributed by atoms with E-state index in [1.165, 1.54) is 17.7 Å². The van der Waals surface area contributed by atoms with Crippen LogP contribution in [0, 0.1) is 0 Å². The van der Waals surface area contributed by atoms with Gasteiger partial charge in [0.05, 0.1) is 0 Å². The second-order valence-corrected chi connectivity index (χ2v) is 5.76. The summed E-state index contributed by atoms with van der Waals surface area (Å²) in [5.41, 5.74) is 2.20. The summed E-state index contributed by atoms with van der Waals surface area (Å²) < 4.78 is 5.10. The van der Waals surface area contributed by atoms with Crippen LogP contribution in [-0.2, 0) is 9.59 Å². The Morgan fingerprint density at radius 1 is 1.00 bits per heavy atom. The van der Waals surface area contributed by atoms with Gasteiger partial charge >= 0.3 is 5.97 Å². The minimum absolute atomic E-state index is 0.374. The number of hydrogen-bond donors (Lipinski definition) is 0. The van der Waals surface area contributed by atoms with Crippen molar-refractivity contribution < 1.29 is 14.3 Å². The molecule has 0 amide bonds. The van der Waals surface area contributed by atoms with Crippen LogP contribution in [0.2, 0.25) is 0 Å². The average molecular weight is 334 g/mol. The van der Waals surface area contributed by atoms with Crippen molar-refractivity contribution in [2.24, 2.45) is 0 Å². The number of carbonyl (C=O) groups excluding carboxylic acids is 2. The van der Waals surface area contributed by atoms with Crippen molar-refractivity contribution >= 4 is 17.8 Å². The number of benzene rings is 2. The predicted molar refractivity (Wildman–Crippen MR) is 100 cm³/mol. The summed E-state index contributed by atoms with van der Waals surface area (Å²) in [6, 6.07) is 16.9. The maximum atomic E-state index is 11.8. The van der Waals surface area contributed by atoms with Crippen LogP contribution in [0.5, 0.6) is 5.75 Å². The first kappa shape index (κ1) is 18.4. The number of ether oxygens (including phenoxy) is 1. The molecule has 3 nitrogen and oxygen atoms in total. The number of carbonyl (C=O) groups is 2. The number of allylic oxidation sites excluding steroid dienone is 2. The van der Waals surface area contributed by atoms with Crippen LogP contribution < -0.4 is 4.74 Å². The van der Waals surface area contributed by atoms with Crippen LogP contribution >= 0.6 is 0 Å². The molecule has 1 atom stereocenters. The van der Waals surface area contributed by atoms with Gasteiger partial charge in [-0.15, -0.1) is 0 Å². The molecule has 2 aromatic carbocycles. The third-order valence-electron chi connectivity index (χ3n) is 3.92. The summed E-state index contributed by atoms with van der Waals surface area (Å²) in [6.07, 6.45) is 7.33. The largest absolute Gasteiger partial charge is 0.421 e. The van der Waals surface area contributed by atoms with Gasteiger partial charge in [0.2, 0.25) is 0 Å². The second-order valence-electron chi connectivity index (χ2n) is 5.76. The summed E-state index contributed by atoms with van der Waals surface area (Å²) in [6.45, 7) is 4.26. The van der Waals surface area contributed by atoms with Crippen molar-refractivity contribution in [2.75, 3.05) is 0 Å². The van der Waals surface area contributed by atoms with Crippen LogP contribution in [-0.4, -0.2) is 11.8 Å². The molecule has 0 aliphatic carbocycles. The molecule has 128 valence electrons. The quantitative estimate of drug-likeness (QED) is 0.237. The smallest absolute Gasteiger partial charge is 0.384 e. The van der Waals surface area contributed by atoms with Gasteiger partial charge < -0.3 is 4.74 Å². The van der Waals surface area contributed by atoms with Gasteiger partial charge in [-0.1, -0.05) is 74.5 Å². The lowest BCUT2D eigenvalue weighted by molar-refractivity contribution is -0.144. The van der Waals surface area contributed by atoms with Crippen molar-refractivity contribution in [2.45, 2.75) is 26.2 Å². The molecule has 0 aliphatic heterocycles. The predicted octanol–water partition coefficient (Wildman–Crippen LogP) is 4.94. The first-order valence-corrected chi connectivity index (χ1v) is 8.36. The minimum Gasteiger partial charge on any atom is -0.421 e. The van der Waals surface area contributed by atoms with E-state index in [1.807, 2.05) is 48.5 Å². The molecule has 0 saturated carbocycles. The standard InChI is InChI=1S/C22H22O3/c1-3-17(2)19-13-15-20(16-14-19)25-22(24)21(23)12-8-7-11-18-9-5-4-6-10-18/h4-17H,3H2,1-2H3/b11-7+,12-8+. The molecule has 2 rings (SSSR count). The van der Waals surface area contributed by atoms with E-state index in [0.717, 1.165) is 12.0 Å². The summed E-state index contributed by atoms with van der Waals surface area (Å²) in [5, 5.41) is 0. The van der Waals surface area contributed by atoms with E-state index in [1.54, 1.807) is 18.2 Å². The molecule has 0 bridgehead atoms. The average Bonchev–Trinajstić information content (AvgIpc) is 2.65. The normalized spacial score (nSPS) is 12.4. The van der Waals surface area contributed by atoms with E-state index in [-0.39, 0.29) is 0 Å². The number of rotatable bonds is 7. The molecule has 0 aromatic heterocycles. The van der Waals surface area contributed by atoms with E-state index < -0.39 is 11.8 Å². The van der Waals surface area contributed by atoms with Gasteiger partial charge in [0, 0.05) is 0 Å². The van der Waals surface area contributed by atoms with Gasteiger partial charge in [0.1, 0.15) is 5.75 Å². The summed E-state index contributed by atoms with van der Waals surface area (Å²) in [4.78, 5) is 23.6. The molecule has 0 N–H and O–H groups in total. The van der Waals surface area contributed by atoms with Crippen molar-refractivity contribution in [3.05, 3.63) is 84.0 Å². The Kier molecular flexibility index (Phi) is 6.90. The third-order valence-corrected chi connectivity index (χ3v) is 3.92. The highest BCUT2D eigenvalue weighted by Crippen LogP contribution is 2.21. The van der Waals surface area contributed by atoms with Gasteiger partial charge in [-0.25, -0.2) is 4.79 Å². The molecule has 25 heavy (non-hydrogen) atoms. The Morgan fingerprint density at radius 2 is 1.68 bits per heavy atom. The summed E-state index contributed by atoms with van der Waals surface area (Å²) in [7, 11) is 0. The zero-order valence-corrected chi connectivity index (χ0v) is 14.5. The van der Waals surface area contributed by atoms with Gasteiger partial charge in [-0.2, -0.15) is 0 Å². The SMILES string of the molecule is CCC(C)c1ccc(OC(=O)C(=O)/C=C/C=C/c2ccccc2)cc1. The molecule has 1 unspecified atom stereocenters. The van der Waals surface area contributed by atoms with E-state index in [4.69, 9.17) is 4.74 Å². The second kappa shape index (κ2) is 9.38. The van der Waals surface area contributed by atoms with E-state index >= 15 is 0 Å².